The van der Waals surface area contributed by atoms with Crippen LogP contribution < -0.4 is 5.32 Å². The van der Waals surface area contributed by atoms with Gasteiger partial charge in [0.2, 0.25) is 11.8 Å². The molecule has 130 valence electrons. The number of nitrogens with one attached hydrogen (secondary N) is 1. The molecule has 1 aromatic rings. The quantitative estimate of drug-likeness (QED) is 0.507. The average molecular weight is 338 g/mol. The fourth-order valence-corrected chi connectivity index (χ4v) is 4.51. The maximum absolute atomic E-state index is 12.6. The lowest BCUT2D eigenvalue weighted by molar-refractivity contribution is -0.140. The van der Waals surface area contributed by atoms with Gasteiger partial charge in [-0.2, -0.15) is 0 Å². The van der Waals surface area contributed by atoms with Gasteiger partial charge in [-0.05, 0) is 43.7 Å². The Morgan fingerprint density at radius 3 is 2.48 bits per heavy atom. The highest BCUT2D eigenvalue weighted by Crippen LogP contribution is 2.52. The highest BCUT2D eigenvalue weighted by Gasteiger charge is 2.58. The molecule has 1 aliphatic heterocycles. The van der Waals surface area contributed by atoms with E-state index in [1.165, 1.54) is 4.90 Å². The van der Waals surface area contributed by atoms with E-state index in [2.05, 4.69) is 17.5 Å². The van der Waals surface area contributed by atoms with Crippen LogP contribution in [0.1, 0.15) is 28.8 Å². The van der Waals surface area contributed by atoms with Gasteiger partial charge in [-0.25, -0.2) is 0 Å². The van der Waals surface area contributed by atoms with Crippen LogP contribution in [0.15, 0.2) is 36.4 Å². The zero-order valence-electron chi connectivity index (χ0n) is 14.3. The highest BCUT2D eigenvalue weighted by atomic mass is 16.2. The van der Waals surface area contributed by atoms with Crippen molar-refractivity contribution in [2.45, 2.75) is 19.8 Å². The minimum Gasteiger partial charge on any atom is -0.352 e. The largest absolute Gasteiger partial charge is 0.352 e. The summed E-state index contributed by atoms with van der Waals surface area (Å²) in [4.78, 5) is 38.6. The molecule has 4 rings (SSSR count). The second-order valence-electron chi connectivity index (χ2n) is 7.31. The Bertz CT molecular complexity index is 740. The second kappa shape index (κ2) is 6.14. The molecule has 5 heteroatoms. The molecule has 4 atom stereocenters. The summed E-state index contributed by atoms with van der Waals surface area (Å²) in [5.74, 6) is 0.0688. The van der Waals surface area contributed by atoms with Gasteiger partial charge in [-0.1, -0.05) is 29.8 Å². The molecule has 1 N–H and O–H groups in total. The lowest BCUT2D eigenvalue weighted by Crippen LogP contribution is -2.35. The first-order valence-corrected chi connectivity index (χ1v) is 8.94. The van der Waals surface area contributed by atoms with Crippen molar-refractivity contribution in [1.29, 1.82) is 0 Å². The van der Waals surface area contributed by atoms with Crippen molar-refractivity contribution in [3.05, 3.63) is 47.5 Å². The number of carbonyl (C=O) groups excluding carboxylic acids is 3. The molecule has 0 aromatic heterocycles. The fourth-order valence-electron chi connectivity index (χ4n) is 4.51. The number of nitrogens with zero attached hydrogens (tertiary/aromatic N) is 1. The van der Waals surface area contributed by atoms with Gasteiger partial charge in [0.05, 0.1) is 11.8 Å². The average Bonchev–Trinajstić information content (AvgIpc) is 3.27. The maximum atomic E-state index is 12.6. The van der Waals surface area contributed by atoms with Gasteiger partial charge in [0.25, 0.3) is 5.91 Å². The Kier molecular flexibility index (Phi) is 3.94. The molecule has 2 fully saturated rings. The van der Waals surface area contributed by atoms with E-state index < -0.39 is 0 Å². The van der Waals surface area contributed by atoms with E-state index in [4.69, 9.17) is 0 Å². The summed E-state index contributed by atoms with van der Waals surface area (Å²) in [6.45, 7) is 2.78. The van der Waals surface area contributed by atoms with E-state index in [1.54, 1.807) is 6.07 Å². The van der Waals surface area contributed by atoms with Gasteiger partial charge < -0.3 is 5.32 Å². The van der Waals surface area contributed by atoms with Crippen molar-refractivity contribution in [3.63, 3.8) is 0 Å². The van der Waals surface area contributed by atoms with E-state index in [9.17, 15) is 14.4 Å². The van der Waals surface area contributed by atoms with Crippen LogP contribution in [0.2, 0.25) is 0 Å². The summed E-state index contributed by atoms with van der Waals surface area (Å²) in [5.41, 5.74) is 1.67. The van der Waals surface area contributed by atoms with Crippen LogP contribution in [0.3, 0.4) is 0 Å². The molecule has 1 saturated heterocycles. The second-order valence-corrected chi connectivity index (χ2v) is 7.31. The van der Waals surface area contributed by atoms with Crippen LogP contribution >= 0.6 is 0 Å². The molecule has 4 unspecified atom stereocenters. The van der Waals surface area contributed by atoms with E-state index in [-0.39, 0.29) is 41.4 Å². The topological polar surface area (TPSA) is 66.5 Å². The number of amides is 3. The number of benzene rings is 1. The third-order valence-electron chi connectivity index (χ3n) is 5.69. The van der Waals surface area contributed by atoms with Crippen molar-refractivity contribution in [2.75, 3.05) is 13.1 Å². The van der Waals surface area contributed by atoms with Crippen molar-refractivity contribution >= 4 is 17.7 Å². The lowest BCUT2D eigenvalue weighted by atomic mass is 9.85. The van der Waals surface area contributed by atoms with Crippen LogP contribution in [-0.2, 0) is 9.59 Å². The molecule has 2 aliphatic carbocycles. The minimum absolute atomic E-state index is 0.0168. The number of fused-ring (bicyclic) bond motifs is 5. The first kappa shape index (κ1) is 16.1. The summed E-state index contributed by atoms with van der Waals surface area (Å²) < 4.78 is 0. The minimum atomic E-state index is -0.135. The van der Waals surface area contributed by atoms with Crippen LogP contribution in [0.25, 0.3) is 0 Å². The maximum Gasteiger partial charge on any atom is 0.251 e. The predicted molar refractivity (Wildman–Crippen MR) is 92.6 cm³/mol. The summed E-state index contributed by atoms with van der Waals surface area (Å²) in [6, 6.07) is 7.42. The van der Waals surface area contributed by atoms with E-state index in [0.717, 1.165) is 12.0 Å². The van der Waals surface area contributed by atoms with E-state index >= 15 is 0 Å². The van der Waals surface area contributed by atoms with Crippen molar-refractivity contribution in [1.82, 2.24) is 10.2 Å². The Balaban J connectivity index is 1.29. The molecule has 1 heterocycles. The molecule has 1 aromatic carbocycles. The first-order valence-electron chi connectivity index (χ1n) is 8.94. The molecule has 5 nitrogen and oxygen atoms in total. The molecular weight excluding hydrogens is 316 g/mol. The Morgan fingerprint density at radius 2 is 1.84 bits per heavy atom. The zero-order chi connectivity index (χ0) is 17.6. The first-order chi connectivity index (χ1) is 12.1. The van der Waals surface area contributed by atoms with Gasteiger partial charge in [-0.15, -0.1) is 0 Å². The SMILES string of the molecule is Cc1cccc(C(=O)NCCCN2C(=O)C3C4C=CC(C4)C3C2=O)c1. The monoisotopic (exact) mass is 338 g/mol. The van der Waals surface area contributed by atoms with Gasteiger partial charge >= 0.3 is 0 Å². The molecule has 2 bridgehead atoms. The normalized spacial score (nSPS) is 29.4. The third-order valence-corrected chi connectivity index (χ3v) is 5.69. The smallest absolute Gasteiger partial charge is 0.251 e. The molecule has 3 amide bonds. The standard InChI is InChI=1S/C20H22N2O3/c1-12-4-2-5-15(10-12)18(23)21-8-3-9-22-19(24)16-13-6-7-14(11-13)17(16)20(22)25/h2,4-7,10,13-14,16-17H,3,8-9,11H2,1H3,(H,21,23). The zero-order valence-corrected chi connectivity index (χ0v) is 14.3. The number of hydrogen-bond acceptors (Lipinski definition) is 3. The van der Waals surface area contributed by atoms with Crippen LogP contribution in [0, 0.1) is 30.6 Å². The van der Waals surface area contributed by atoms with Crippen molar-refractivity contribution in [2.24, 2.45) is 23.7 Å². The van der Waals surface area contributed by atoms with Crippen LogP contribution in [0.4, 0.5) is 0 Å². The van der Waals surface area contributed by atoms with Gasteiger partial charge in [0.1, 0.15) is 0 Å². The number of imide groups is 1. The molecule has 25 heavy (non-hydrogen) atoms. The number of allylic oxidation sites excluding steroid dienone is 2. The summed E-state index contributed by atoms with van der Waals surface area (Å²) in [6.07, 6.45) is 5.73. The number of hydrogen-bond donors (Lipinski definition) is 1. The van der Waals surface area contributed by atoms with E-state index in [0.29, 0.717) is 25.1 Å². The van der Waals surface area contributed by atoms with Gasteiger partial charge in [-0.3, -0.25) is 19.3 Å². The van der Waals surface area contributed by atoms with Crippen molar-refractivity contribution < 1.29 is 14.4 Å². The molecule has 0 radical (unpaired) electrons. The lowest BCUT2D eigenvalue weighted by Gasteiger charge is -2.17. The van der Waals surface area contributed by atoms with Crippen molar-refractivity contribution in [3.8, 4) is 0 Å². The number of likely N-dealkylation sites (tertiary alicyclic amines) is 1. The molecule has 1 saturated carbocycles. The molecule has 3 aliphatic rings. The molecular formula is C20H22N2O3. The number of rotatable bonds is 5. The Hall–Kier alpha value is -2.43. The summed E-state index contributed by atoms with van der Waals surface area (Å²) >= 11 is 0. The Labute approximate surface area is 147 Å². The van der Waals surface area contributed by atoms with Gasteiger partial charge in [0, 0.05) is 18.7 Å². The summed E-state index contributed by atoms with van der Waals surface area (Å²) in [5, 5.41) is 2.86. The Morgan fingerprint density at radius 1 is 1.16 bits per heavy atom. The predicted octanol–water partition coefficient (Wildman–Crippen LogP) is 1.92. The van der Waals surface area contributed by atoms with E-state index in [1.807, 2.05) is 25.1 Å². The molecule has 0 spiro atoms. The highest BCUT2D eigenvalue weighted by molar-refractivity contribution is 6.06. The van der Waals surface area contributed by atoms with Crippen LogP contribution in [0.5, 0.6) is 0 Å². The fraction of sp³-hybridized carbons (Fsp3) is 0.450. The third kappa shape index (κ3) is 2.68. The summed E-state index contributed by atoms with van der Waals surface area (Å²) in [7, 11) is 0. The van der Waals surface area contributed by atoms with Crippen LogP contribution in [-0.4, -0.2) is 35.7 Å². The number of aryl methyl sites for hydroxylation is 1. The number of carbonyl (C=O) groups is 3. The van der Waals surface area contributed by atoms with Gasteiger partial charge in [0.15, 0.2) is 0 Å².